The number of hydrogen-bond donors (Lipinski definition) is 2. The monoisotopic (exact) mass is 393 g/mol. The van der Waals surface area contributed by atoms with Crippen LogP contribution in [0.5, 0.6) is 5.75 Å². The van der Waals surface area contributed by atoms with Gasteiger partial charge in [-0.1, -0.05) is 49.4 Å². The van der Waals surface area contributed by atoms with Crippen LogP contribution in [0.15, 0.2) is 54.6 Å². The molecule has 2 N–H and O–H groups in total. The van der Waals surface area contributed by atoms with Gasteiger partial charge in [-0.25, -0.2) is 0 Å². The average molecular weight is 393 g/mol. The van der Waals surface area contributed by atoms with Gasteiger partial charge in [-0.05, 0) is 37.0 Å². The number of benzene rings is 2. The molecule has 1 aliphatic carbocycles. The maximum atomic E-state index is 13.3. The number of anilines is 1. The van der Waals surface area contributed by atoms with Crippen molar-refractivity contribution >= 4 is 17.5 Å². The van der Waals surface area contributed by atoms with Crippen molar-refractivity contribution in [2.24, 2.45) is 0 Å². The highest BCUT2D eigenvalue weighted by atomic mass is 16.5. The normalized spacial score (nSPS) is 18.9. The van der Waals surface area contributed by atoms with Gasteiger partial charge in [-0.3, -0.25) is 9.59 Å². The Labute approximate surface area is 171 Å². The van der Waals surface area contributed by atoms with Gasteiger partial charge in [0.1, 0.15) is 11.8 Å². The van der Waals surface area contributed by atoms with Crippen molar-refractivity contribution in [2.45, 2.75) is 44.4 Å². The predicted octanol–water partition coefficient (Wildman–Crippen LogP) is 2.80. The van der Waals surface area contributed by atoms with Crippen molar-refractivity contribution in [1.29, 1.82) is 0 Å². The van der Waals surface area contributed by atoms with Crippen LogP contribution in [-0.4, -0.2) is 37.0 Å². The van der Waals surface area contributed by atoms with Gasteiger partial charge < -0.3 is 20.3 Å². The number of ether oxygens (including phenoxy) is 1. The average Bonchev–Trinajstić information content (AvgIpc) is 3.56. The first-order valence-electron chi connectivity index (χ1n) is 10.3. The summed E-state index contributed by atoms with van der Waals surface area (Å²) in [5.74, 6) is 0.430. The largest absolute Gasteiger partial charge is 0.477 e. The summed E-state index contributed by atoms with van der Waals surface area (Å²) in [6.07, 6.45) is 2.23. The smallest absolute Gasteiger partial charge is 0.262 e. The maximum absolute atomic E-state index is 13.3. The second-order valence-corrected chi connectivity index (χ2v) is 7.61. The minimum Gasteiger partial charge on any atom is -0.477 e. The molecule has 0 radical (unpaired) electrons. The van der Waals surface area contributed by atoms with Gasteiger partial charge in [-0.15, -0.1) is 0 Å². The number of carbonyl (C=O) groups excluding carboxylic acids is 2. The lowest BCUT2D eigenvalue weighted by Crippen LogP contribution is -2.52. The zero-order valence-electron chi connectivity index (χ0n) is 16.6. The Morgan fingerprint density at radius 2 is 1.83 bits per heavy atom. The van der Waals surface area contributed by atoms with Gasteiger partial charge in [0, 0.05) is 12.6 Å². The fourth-order valence-corrected chi connectivity index (χ4v) is 3.62. The Kier molecular flexibility index (Phi) is 5.69. The molecule has 0 spiro atoms. The summed E-state index contributed by atoms with van der Waals surface area (Å²) in [6.45, 7) is 2.92. The lowest BCUT2D eigenvalue weighted by atomic mass is 10.0. The van der Waals surface area contributed by atoms with Gasteiger partial charge >= 0.3 is 0 Å². The molecule has 6 heteroatoms. The third kappa shape index (κ3) is 4.36. The van der Waals surface area contributed by atoms with Crippen LogP contribution < -0.4 is 20.3 Å². The van der Waals surface area contributed by atoms with E-state index in [2.05, 4.69) is 10.6 Å². The third-order valence-electron chi connectivity index (χ3n) is 5.25. The van der Waals surface area contributed by atoms with E-state index in [-0.39, 0.29) is 17.9 Å². The minimum absolute atomic E-state index is 0.0388. The molecule has 2 amide bonds. The van der Waals surface area contributed by atoms with Crippen LogP contribution in [0, 0.1) is 0 Å². The zero-order valence-corrected chi connectivity index (χ0v) is 16.6. The summed E-state index contributed by atoms with van der Waals surface area (Å²) in [6, 6.07) is 17.1. The molecule has 6 nitrogen and oxygen atoms in total. The molecule has 1 heterocycles. The molecule has 0 bridgehead atoms. The SMILES string of the molecule is CCCNC(=O)[C@@H]1CN([C@H](C(=O)NC2CC2)c2ccccc2)c2ccccc2O1. The molecule has 1 fully saturated rings. The van der Waals surface area contributed by atoms with Gasteiger partial charge in [0.15, 0.2) is 6.10 Å². The lowest BCUT2D eigenvalue weighted by Gasteiger charge is -2.40. The molecular formula is C23H27N3O3. The Hall–Kier alpha value is -3.02. The third-order valence-corrected chi connectivity index (χ3v) is 5.25. The molecule has 0 unspecified atom stereocenters. The van der Waals surface area contributed by atoms with Gasteiger partial charge in [0.05, 0.1) is 12.2 Å². The number of nitrogens with zero attached hydrogens (tertiary/aromatic N) is 1. The van der Waals surface area contributed by atoms with E-state index in [0.717, 1.165) is 30.5 Å². The molecule has 2 aromatic carbocycles. The zero-order chi connectivity index (χ0) is 20.2. The number of rotatable bonds is 7. The van der Waals surface area contributed by atoms with Crippen molar-refractivity contribution in [2.75, 3.05) is 18.0 Å². The summed E-state index contributed by atoms with van der Waals surface area (Å²) in [4.78, 5) is 27.9. The highest BCUT2D eigenvalue weighted by Gasteiger charge is 2.38. The maximum Gasteiger partial charge on any atom is 0.262 e. The van der Waals surface area contributed by atoms with Crippen molar-refractivity contribution in [3.8, 4) is 5.75 Å². The van der Waals surface area contributed by atoms with Gasteiger partial charge in [-0.2, -0.15) is 0 Å². The summed E-state index contributed by atoms with van der Waals surface area (Å²) < 4.78 is 5.99. The first-order valence-corrected chi connectivity index (χ1v) is 10.3. The second-order valence-electron chi connectivity index (χ2n) is 7.61. The highest BCUT2D eigenvalue weighted by Crippen LogP contribution is 2.39. The number of hydrogen-bond acceptors (Lipinski definition) is 4. The summed E-state index contributed by atoms with van der Waals surface area (Å²) in [5, 5.41) is 6.05. The quantitative estimate of drug-likeness (QED) is 0.759. The summed E-state index contributed by atoms with van der Waals surface area (Å²) in [7, 11) is 0. The van der Waals surface area contributed by atoms with Crippen molar-refractivity contribution in [1.82, 2.24) is 10.6 Å². The number of amides is 2. The van der Waals surface area contributed by atoms with Crippen LogP contribution >= 0.6 is 0 Å². The van der Waals surface area contributed by atoms with Crippen LogP contribution in [0.1, 0.15) is 37.8 Å². The van der Waals surface area contributed by atoms with Crippen molar-refractivity contribution in [3.63, 3.8) is 0 Å². The van der Waals surface area contributed by atoms with Gasteiger partial charge in [0.2, 0.25) is 5.91 Å². The standard InChI is InChI=1S/C23H27N3O3/c1-2-14-24-22(27)20-15-26(18-10-6-7-11-19(18)29-20)21(16-8-4-3-5-9-16)23(28)25-17-12-13-17/h3-11,17,20-21H,2,12-15H2,1H3,(H,24,27)(H,25,28)/t20-,21-/m0/s1. The number of nitrogens with one attached hydrogen (secondary N) is 2. The Balaban J connectivity index is 1.69. The minimum atomic E-state index is -0.670. The Morgan fingerprint density at radius 1 is 1.10 bits per heavy atom. The molecule has 2 aliphatic rings. The molecule has 0 aromatic heterocycles. The van der Waals surface area contributed by atoms with Crippen molar-refractivity contribution in [3.05, 3.63) is 60.2 Å². The second kappa shape index (κ2) is 8.55. The van der Waals surface area contributed by atoms with E-state index in [1.165, 1.54) is 0 Å². The predicted molar refractivity (Wildman–Crippen MR) is 112 cm³/mol. The first kappa shape index (κ1) is 19.3. The molecule has 152 valence electrons. The van der Waals surface area contributed by atoms with Crippen molar-refractivity contribution < 1.29 is 14.3 Å². The molecule has 4 rings (SSSR count). The Morgan fingerprint density at radius 3 is 2.55 bits per heavy atom. The number of carbonyl (C=O) groups is 2. The van der Waals surface area contributed by atoms with E-state index in [0.29, 0.717) is 18.8 Å². The first-order chi connectivity index (χ1) is 14.2. The number of para-hydroxylation sites is 2. The van der Waals surface area contributed by atoms with E-state index >= 15 is 0 Å². The van der Waals surface area contributed by atoms with E-state index in [4.69, 9.17) is 4.74 Å². The van der Waals surface area contributed by atoms with Crippen LogP contribution in [-0.2, 0) is 9.59 Å². The van der Waals surface area contributed by atoms with Crippen LogP contribution in [0.4, 0.5) is 5.69 Å². The fourth-order valence-electron chi connectivity index (χ4n) is 3.62. The fraction of sp³-hybridized carbons (Fsp3) is 0.391. The molecule has 29 heavy (non-hydrogen) atoms. The highest BCUT2D eigenvalue weighted by molar-refractivity contribution is 5.89. The van der Waals surface area contributed by atoms with E-state index < -0.39 is 12.1 Å². The Bertz CT molecular complexity index is 867. The molecule has 2 aromatic rings. The van der Waals surface area contributed by atoms with E-state index in [1.54, 1.807) is 0 Å². The molecule has 1 saturated carbocycles. The molecule has 0 saturated heterocycles. The molecule has 1 aliphatic heterocycles. The van der Waals surface area contributed by atoms with E-state index in [9.17, 15) is 9.59 Å². The lowest BCUT2D eigenvalue weighted by molar-refractivity contribution is -0.128. The van der Waals surface area contributed by atoms with Crippen LogP contribution in [0.25, 0.3) is 0 Å². The van der Waals surface area contributed by atoms with Gasteiger partial charge in [0.25, 0.3) is 5.91 Å². The molecular weight excluding hydrogens is 366 g/mol. The topological polar surface area (TPSA) is 70.7 Å². The van der Waals surface area contributed by atoms with Crippen LogP contribution in [0.3, 0.4) is 0 Å². The number of fused-ring (bicyclic) bond motifs is 1. The summed E-state index contributed by atoms with van der Waals surface area (Å²) in [5.41, 5.74) is 1.72. The molecule has 2 atom stereocenters. The van der Waals surface area contributed by atoms with E-state index in [1.807, 2.05) is 66.4 Å². The summed E-state index contributed by atoms with van der Waals surface area (Å²) >= 11 is 0. The van der Waals surface area contributed by atoms with Crippen LogP contribution in [0.2, 0.25) is 0 Å².